The molecule has 0 spiro atoms. The van der Waals surface area contributed by atoms with Crippen molar-refractivity contribution in [2.75, 3.05) is 10.8 Å². The number of carbonyl (C=O) groups is 1. The number of rotatable bonds is 2. The van der Waals surface area contributed by atoms with Crippen molar-refractivity contribution in [3.8, 4) is 0 Å². The smallest absolute Gasteiger partial charge is 0.323 e. The molecule has 2 N–H and O–H groups in total. The first-order valence-corrected chi connectivity index (χ1v) is 6.92. The number of anilines is 1. The van der Waals surface area contributed by atoms with Gasteiger partial charge in [0, 0.05) is 4.47 Å². The number of hydrogen-bond acceptors (Lipinski definition) is 3. The molecule has 8 heteroatoms. The number of nitrogens with zero attached hydrogens (tertiary/aromatic N) is 1. The third-order valence-corrected chi connectivity index (χ3v) is 4.34. The van der Waals surface area contributed by atoms with Gasteiger partial charge in [-0.25, -0.2) is 0 Å². The van der Waals surface area contributed by atoms with E-state index in [1.807, 2.05) is 0 Å². The molecule has 1 aliphatic heterocycles. The van der Waals surface area contributed by atoms with Crippen LogP contribution in [-0.4, -0.2) is 32.1 Å². The van der Waals surface area contributed by atoms with Crippen molar-refractivity contribution in [3.63, 3.8) is 0 Å². The quantitative estimate of drug-likeness (QED) is 0.833. The molecule has 1 saturated heterocycles. The van der Waals surface area contributed by atoms with E-state index in [0.717, 1.165) is 8.78 Å². The zero-order valence-corrected chi connectivity index (χ0v) is 10.9. The normalized spacial score (nSPS) is 22.6. The number of nitrogens with one attached hydrogen (secondary N) is 1. The van der Waals surface area contributed by atoms with Crippen LogP contribution in [0.1, 0.15) is 0 Å². The minimum Gasteiger partial charge on any atom is -0.480 e. The van der Waals surface area contributed by atoms with E-state index in [-0.39, 0.29) is 6.54 Å². The second kappa shape index (κ2) is 4.28. The van der Waals surface area contributed by atoms with Crippen LogP contribution >= 0.6 is 15.9 Å². The summed E-state index contributed by atoms with van der Waals surface area (Å²) in [6.45, 7) is -0.117. The number of benzene rings is 1. The topological polar surface area (TPSA) is 86.7 Å². The molecule has 0 bridgehead atoms. The zero-order chi connectivity index (χ0) is 12.6. The van der Waals surface area contributed by atoms with E-state index in [4.69, 9.17) is 5.11 Å². The van der Waals surface area contributed by atoms with Crippen LogP contribution in [0.15, 0.2) is 28.7 Å². The van der Waals surface area contributed by atoms with E-state index in [9.17, 15) is 13.2 Å². The van der Waals surface area contributed by atoms with Gasteiger partial charge in [-0.2, -0.15) is 13.1 Å². The molecule has 1 fully saturated rings. The Bertz CT molecular complexity index is 560. The Morgan fingerprint density at radius 2 is 2.24 bits per heavy atom. The van der Waals surface area contributed by atoms with Crippen molar-refractivity contribution in [3.05, 3.63) is 28.7 Å². The van der Waals surface area contributed by atoms with Gasteiger partial charge in [0.05, 0.1) is 12.2 Å². The predicted octanol–water partition coefficient (Wildman–Crippen LogP) is 0.557. The van der Waals surface area contributed by atoms with Gasteiger partial charge >= 0.3 is 16.2 Å². The first-order chi connectivity index (χ1) is 7.90. The number of aliphatic carboxylic acids is 1. The van der Waals surface area contributed by atoms with Crippen LogP contribution in [0.3, 0.4) is 0 Å². The van der Waals surface area contributed by atoms with Gasteiger partial charge < -0.3 is 5.11 Å². The number of halogens is 1. The summed E-state index contributed by atoms with van der Waals surface area (Å²) in [6, 6.07) is 5.55. The van der Waals surface area contributed by atoms with Gasteiger partial charge in [0.15, 0.2) is 0 Å². The molecule has 0 aliphatic carbocycles. The highest BCUT2D eigenvalue weighted by Crippen LogP contribution is 2.25. The number of hydrogen-bond donors (Lipinski definition) is 2. The van der Waals surface area contributed by atoms with Crippen LogP contribution in [0.4, 0.5) is 5.69 Å². The Hall–Kier alpha value is -1.12. The lowest BCUT2D eigenvalue weighted by Crippen LogP contribution is -2.34. The maximum absolute atomic E-state index is 11.7. The van der Waals surface area contributed by atoms with Crippen LogP contribution in [0.5, 0.6) is 0 Å². The third kappa shape index (κ3) is 2.43. The van der Waals surface area contributed by atoms with E-state index in [0.29, 0.717) is 5.69 Å². The van der Waals surface area contributed by atoms with Crippen molar-refractivity contribution >= 4 is 37.8 Å². The van der Waals surface area contributed by atoms with E-state index in [2.05, 4.69) is 20.7 Å². The van der Waals surface area contributed by atoms with Gasteiger partial charge in [0.25, 0.3) is 0 Å². The van der Waals surface area contributed by atoms with Crippen LogP contribution in [0.25, 0.3) is 0 Å². The Kier molecular flexibility index (Phi) is 3.11. The highest BCUT2D eigenvalue weighted by atomic mass is 79.9. The highest BCUT2D eigenvalue weighted by Gasteiger charge is 2.39. The Balaban J connectivity index is 2.37. The van der Waals surface area contributed by atoms with Crippen molar-refractivity contribution in [1.29, 1.82) is 0 Å². The summed E-state index contributed by atoms with van der Waals surface area (Å²) in [7, 11) is -3.77. The summed E-state index contributed by atoms with van der Waals surface area (Å²) < 4.78 is 27.3. The molecule has 92 valence electrons. The van der Waals surface area contributed by atoms with Gasteiger partial charge in [0.1, 0.15) is 6.04 Å². The second-order valence-electron chi connectivity index (χ2n) is 3.52. The average molecular weight is 321 g/mol. The molecule has 1 aliphatic rings. The van der Waals surface area contributed by atoms with E-state index in [1.165, 1.54) is 0 Å². The highest BCUT2D eigenvalue weighted by molar-refractivity contribution is 9.10. The fourth-order valence-electron chi connectivity index (χ4n) is 1.55. The molecule has 0 amide bonds. The van der Waals surface area contributed by atoms with Crippen LogP contribution in [-0.2, 0) is 15.0 Å². The zero-order valence-electron chi connectivity index (χ0n) is 8.50. The van der Waals surface area contributed by atoms with Crippen molar-refractivity contribution in [2.24, 2.45) is 0 Å². The van der Waals surface area contributed by atoms with Gasteiger partial charge in [-0.1, -0.05) is 22.0 Å². The van der Waals surface area contributed by atoms with Crippen molar-refractivity contribution < 1.29 is 18.3 Å². The molecule has 1 aromatic carbocycles. The van der Waals surface area contributed by atoms with Gasteiger partial charge in [-0.15, -0.1) is 0 Å². The molecule has 17 heavy (non-hydrogen) atoms. The molecule has 6 nitrogen and oxygen atoms in total. The van der Waals surface area contributed by atoms with Crippen molar-refractivity contribution in [2.45, 2.75) is 6.04 Å². The molecular weight excluding hydrogens is 312 g/mol. The first-order valence-electron chi connectivity index (χ1n) is 4.68. The summed E-state index contributed by atoms with van der Waals surface area (Å²) in [5, 5.41) is 8.80. The maximum Gasteiger partial charge on any atom is 0.323 e. The summed E-state index contributed by atoms with van der Waals surface area (Å²) in [6.07, 6.45) is 0. The molecular formula is C9H9BrN2O4S. The monoisotopic (exact) mass is 320 g/mol. The van der Waals surface area contributed by atoms with Crippen molar-refractivity contribution in [1.82, 2.24) is 4.72 Å². The van der Waals surface area contributed by atoms with Gasteiger partial charge in [-0.3, -0.25) is 9.10 Å². The maximum atomic E-state index is 11.7. The fourth-order valence-corrected chi connectivity index (χ4v) is 3.33. The third-order valence-electron chi connectivity index (χ3n) is 2.32. The SMILES string of the molecule is O=C(O)C1CN(c2cccc(Br)c2)S(=O)(=O)N1. The summed E-state index contributed by atoms with van der Waals surface area (Å²) >= 11 is 3.23. The van der Waals surface area contributed by atoms with Crippen LogP contribution in [0.2, 0.25) is 0 Å². The minimum absolute atomic E-state index is 0.117. The number of carboxylic acid groups (broad SMARTS) is 1. The van der Waals surface area contributed by atoms with E-state index >= 15 is 0 Å². The molecule has 1 heterocycles. The molecule has 0 radical (unpaired) electrons. The Morgan fingerprint density at radius 3 is 2.76 bits per heavy atom. The van der Waals surface area contributed by atoms with Gasteiger partial charge in [0.2, 0.25) is 0 Å². The molecule has 1 aromatic rings. The fraction of sp³-hybridized carbons (Fsp3) is 0.222. The summed E-state index contributed by atoms with van der Waals surface area (Å²) in [5.41, 5.74) is 0.427. The largest absolute Gasteiger partial charge is 0.480 e. The number of carboxylic acids is 1. The predicted molar refractivity (Wildman–Crippen MR) is 65.0 cm³/mol. The lowest BCUT2D eigenvalue weighted by molar-refractivity contribution is -0.138. The second-order valence-corrected chi connectivity index (χ2v) is 6.07. The van der Waals surface area contributed by atoms with Crippen LogP contribution in [0, 0.1) is 0 Å². The standard InChI is InChI=1S/C9H9BrN2O4S/c10-6-2-1-3-7(4-6)12-5-8(9(13)14)11-17(12,15)16/h1-4,8,11H,5H2,(H,13,14). The molecule has 0 aromatic heterocycles. The molecule has 1 atom stereocenters. The summed E-state index contributed by atoms with van der Waals surface area (Å²) in [4.78, 5) is 10.8. The first kappa shape index (κ1) is 12.3. The lowest BCUT2D eigenvalue weighted by atomic mass is 10.3. The molecule has 2 rings (SSSR count). The van der Waals surface area contributed by atoms with E-state index < -0.39 is 22.2 Å². The summed E-state index contributed by atoms with van der Waals surface area (Å²) in [5.74, 6) is -1.19. The van der Waals surface area contributed by atoms with E-state index in [1.54, 1.807) is 24.3 Å². The van der Waals surface area contributed by atoms with Crippen LogP contribution < -0.4 is 9.03 Å². The minimum atomic E-state index is -3.77. The lowest BCUT2D eigenvalue weighted by Gasteiger charge is -2.15. The Labute approximate surface area is 107 Å². The Morgan fingerprint density at radius 1 is 1.53 bits per heavy atom. The molecule has 0 saturated carbocycles. The average Bonchev–Trinajstić information content (AvgIpc) is 2.54. The molecule has 1 unspecified atom stereocenters. The van der Waals surface area contributed by atoms with Gasteiger partial charge in [-0.05, 0) is 18.2 Å².